The molecule has 4 atom stereocenters. The van der Waals surface area contributed by atoms with Crippen LogP contribution in [0.1, 0.15) is 145 Å². The van der Waals surface area contributed by atoms with Gasteiger partial charge < -0.3 is 18.0 Å². The van der Waals surface area contributed by atoms with Crippen LogP contribution in [0.4, 0.5) is 5.82 Å². The molecule has 1 saturated heterocycles. The van der Waals surface area contributed by atoms with Gasteiger partial charge in [0.25, 0.3) is 0 Å². The summed E-state index contributed by atoms with van der Waals surface area (Å²) >= 11 is -2.72. The van der Waals surface area contributed by atoms with Crippen LogP contribution in [0.2, 0.25) is 67.7 Å². The zero-order chi connectivity index (χ0) is 51.4. The van der Waals surface area contributed by atoms with Crippen LogP contribution in [0.3, 0.4) is 0 Å². The van der Waals surface area contributed by atoms with Crippen LogP contribution in [0.15, 0.2) is 59.5 Å². The Bertz CT molecular complexity index is 2580. The van der Waals surface area contributed by atoms with Gasteiger partial charge in [0.05, 0.1) is 6.61 Å². The fourth-order valence-electron chi connectivity index (χ4n) is 8.35. The summed E-state index contributed by atoms with van der Waals surface area (Å²) in [7, 11) is -7.10. The summed E-state index contributed by atoms with van der Waals surface area (Å²) < 4.78 is 38.4. The maximum atomic E-state index is 14.2. The number of nitrogens with zero attached hydrogens (tertiary/aromatic N) is 2. The second kappa shape index (κ2) is 22.6. The van der Waals surface area contributed by atoms with Crippen molar-refractivity contribution < 1.29 is 18.0 Å². The van der Waals surface area contributed by atoms with E-state index in [4.69, 9.17) is 23.7 Å². The second-order valence-electron chi connectivity index (χ2n) is 24.5. The summed E-state index contributed by atoms with van der Waals surface area (Å²) in [6, 6.07) is 17.3. The number of nitrogen functional groups attached to an aromatic ring is 1. The number of anilines is 1. The Morgan fingerprint density at radius 1 is 0.667 bits per heavy atom. The fourth-order valence-corrected chi connectivity index (χ4v) is 25.1. The van der Waals surface area contributed by atoms with E-state index in [9.17, 15) is 4.79 Å². The second-order valence-corrected chi connectivity index (χ2v) is 51.2. The van der Waals surface area contributed by atoms with E-state index in [2.05, 4.69) is 192 Å². The van der Waals surface area contributed by atoms with Crippen LogP contribution in [-0.4, -0.2) is 77.8 Å². The van der Waals surface area contributed by atoms with Crippen molar-refractivity contribution in [3.8, 4) is 21.7 Å². The first kappa shape index (κ1) is 57.2. The molecule has 4 aromatic rings. The first-order chi connectivity index (χ1) is 32.0. The van der Waals surface area contributed by atoms with Gasteiger partial charge in [0, 0.05) is 0 Å². The van der Waals surface area contributed by atoms with Gasteiger partial charge in [-0.25, -0.2) is 4.79 Å². The molecule has 0 bridgehead atoms. The summed E-state index contributed by atoms with van der Waals surface area (Å²) in [6.07, 6.45) is 6.77. The zero-order valence-corrected chi connectivity index (χ0v) is 51.9. The zero-order valence-electron chi connectivity index (χ0n) is 46.1. The Morgan fingerprint density at radius 2 is 1.13 bits per heavy atom. The number of hydrogen-bond acceptors (Lipinski definition) is 7. The molecule has 5 rings (SSSR count). The number of nitrogens with two attached hydrogens (primary N) is 1. The van der Waals surface area contributed by atoms with E-state index in [1.165, 1.54) is 57.2 Å². The summed E-state index contributed by atoms with van der Waals surface area (Å²) in [5, 5.41) is 4.23. The number of unbranched alkanes of at least 4 members (excludes halogenated alkanes) is 3. The standard InChI is InChI=1S/C45H62N3O5Si3.3C4H9.Sn/c1-17-30-20-18-22-32-26-33-23-19-21-31(36(33)27-35(30)32)24-25-34-28-48(42(49)47-40(34)46)41-39(53-56(15,16)45(8,9)10)38(52-55(13,14)44(5,6)7)37(51-41)29-50-54(11,12)43(2,3)4;3*1-3-4-2;/h18-23,26-28,37-39,41H,29H2,2-16H3,(H2,46,47,49);3*1,3-4H2,2H3;/t37-,38-,39-,41-;;;;/m1..../s1. The Kier molecular flexibility index (Phi) is 18.7. The summed E-state index contributed by atoms with van der Waals surface area (Å²) in [4.78, 5) is 18.6. The van der Waals surface area contributed by atoms with Crippen molar-refractivity contribution in [2.24, 2.45) is 0 Å². The van der Waals surface area contributed by atoms with Crippen molar-refractivity contribution in [2.45, 2.75) is 214 Å². The maximum absolute atomic E-state index is 14.2. The van der Waals surface area contributed by atoms with E-state index < -0.39 is 73.6 Å². The van der Waals surface area contributed by atoms with Gasteiger partial charge in [-0.3, -0.25) is 0 Å². The van der Waals surface area contributed by atoms with Crippen LogP contribution in [0, 0.1) is 21.7 Å². The number of benzene rings is 3. The Hall–Kier alpha value is -2.73. The number of rotatable bonds is 17. The van der Waals surface area contributed by atoms with Crippen molar-refractivity contribution in [3.63, 3.8) is 0 Å². The molecular weight excluding hydrogens is 1010 g/mol. The molecule has 0 saturated carbocycles. The van der Waals surface area contributed by atoms with Crippen LogP contribution in [0.25, 0.3) is 21.5 Å². The van der Waals surface area contributed by atoms with Gasteiger partial charge in [-0.2, -0.15) is 0 Å². The van der Waals surface area contributed by atoms with Crippen LogP contribution in [-0.2, 0) is 18.0 Å². The molecule has 69 heavy (non-hydrogen) atoms. The molecule has 8 nitrogen and oxygen atoms in total. The fraction of sp³-hybridized carbons (Fsp3) is 0.614. The third kappa shape index (κ3) is 13.7. The Morgan fingerprint density at radius 3 is 1.61 bits per heavy atom. The number of aromatic nitrogens is 2. The van der Waals surface area contributed by atoms with Crippen LogP contribution < -0.4 is 11.4 Å². The monoisotopic (exact) mass is 1100 g/mol. The molecule has 1 aromatic heterocycles. The van der Waals surface area contributed by atoms with Gasteiger partial charge in [-0.15, -0.1) is 0 Å². The number of ether oxygens (including phenoxy) is 1. The van der Waals surface area contributed by atoms with Crippen LogP contribution in [0.5, 0.6) is 0 Å². The first-order valence-electron chi connectivity index (χ1n) is 26.0. The van der Waals surface area contributed by atoms with E-state index in [-0.39, 0.29) is 20.9 Å². The molecule has 2 N–H and O–H groups in total. The molecule has 12 heteroatoms. The average molecular weight is 1100 g/mol. The van der Waals surface area contributed by atoms with Gasteiger partial charge in [0.1, 0.15) is 18.3 Å². The molecule has 0 amide bonds. The summed E-state index contributed by atoms with van der Waals surface area (Å²) in [5.74, 6) is 10.7. The molecule has 3 aromatic carbocycles. The predicted octanol–water partition coefficient (Wildman–Crippen LogP) is 15.0. The average Bonchev–Trinajstić information content (AvgIpc) is 3.57. The van der Waals surface area contributed by atoms with E-state index in [0.717, 1.165) is 27.3 Å². The van der Waals surface area contributed by atoms with E-state index in [1.54, 1.807) is 10.8 Å². The van der Waals surface area contributed by atoms with Gasteiger partial charge >= 0.3 is 232 Å². The van der Waals surface area contributed by atoms with Crippen molar-refractivity contribution in [3.05, 3.63) is 81.9 Å². The topological polar surface area (TPSA) is 97.8 Å². The molecule has 1 aliphatic heterocycles. The quantitative estimate of drug-likeness (QED) is 0.0639. The molecule has 2 heterocycles. The Labute approximate surface area is 425 Å². The molecular formula is C57H89N3O5Si3Sn. The third-order valence-corrected chi connectivity index (χ3v) is 42.7. The van der Waals surface area contributed by atoms with Crippen molar-refractivity contribution in [2.75, 3.05) is 12.3 Å². The normalized spacial score (nSPS) is 18.6. The van der Waals surface area contributed by atoms with E-state index >= 15 is 0 Å². The first-order valence-corrected chi connectivity index (χ1v) is 42.3. The molecule has 1 fully saturated rings. The summed E-state index contributed by atoms with van der Waals surface area (Å²) in [6.45, 7) is 40.9. The molecule has 0 radical (unpaired) electrons. The van der Waals surface area contributed by atoms with Gasteiger partial charge in [0.2, 0.25) is 0 Å². The summed E-state index contributed by atoms with van der Waals surface area (Å²) in [5.41, 5.74) is 8.46. The van der Waals surface area contributed by atoms with Crippen molar-refractivity contribution in [1.29, 1.82) is 0 Å². The molecule has 0 unspecified atom stereocenters. The van der Waals surface area contributed by atoms with E-state index in [0.29, 0.717) is 12.2 Å². The predicted molar refractivity (Wildman–Crippen MR) is 303 cm³/mol. The Balaban J connectivity index is 1.64. The van der Waals surface area contributed by atoms with Gasteiger partial charge in [-0.05, 0) is 54.4 Å². The van der Waals surface area contributed by atoms with Crippen LogP contribution >= 0.6 is 0 Å². The minimum absolute atomic E-state index is 0.0123. The van der Waals surface area contributed by atoms with Gasteiger partial charge in [-0.1, -0.05) is 62.3 Å². The van der Waals surface area contributed by atoms with Crippen molar-refractivity contribution >= 4 is 70.7 Å². The molecule has 0 aliphatic carbocycles. The van der Waals surface area contributed by atoms with Gasteiger partial charge in [0.15, 0.2) is 31.2 Å². The number of fused-ring (bicyclic) bond motifs is 2. The number of hydrogen-bond donors (Lipinski definition) is 1. The van der Waals surface area contributed by atoms with E-state index in [1.807, 2.05) is 6.07 Å². The molecule has 378 valence electrons. The van der Waals surface area contributed by atoms with Crippen molar-refractivity contribution in [1.82, 2.24) is 9.55 Å². The minimum atomic E-state index is -2.72. The molecule has 1 aliphatic rings. The molecule has 0 spiro atoms. The third-order valence-electron chi connectivity index (χ3n) is 16.1. The SMILES string of the molecule is CCC[CH2][Sn]([C]#Cc1cccc2cc3cccc(C#Cc4cn([C@@H]5O[C@H](CO[Si](C)(C)C(C)(C)C)[C@@H](O[Si](C)(C)C(C)(C)C)[C@H]5O[Si](C)(C)C(C)(C)C)c(=O)nc4N)c3cc12)([CH2]CCC)[CH2]CCC.